The number of amides is 1. The quantitative estimate of drug-likeness (QED) is 0.704. The lowest BCUT2D eigenvalue weighted by Crippen LogP contribution is -2.30. The molecule has 0 radical (unpaired) electrons. The van der Waals surface area contributed by atoms with Crippen molar-refractivity contribution < 1.29 is 18.7 Å². The van der Waals surface area contributed by atoms with Crippen LogP contribution in [0, 0.1) is 5.82 Å². The molecule has 0 aromatic heterocycles. The Kier molecular flexibility index (Phi) is 5.69. The molecule has 0 fully saturated rings. The highest BCUT2D eigenvalue weighted by Crippen LogP contribution is 2.24. The molecule has 3 rings (SSSR count). The molecule has 0 aliphatic carbocycles. The molecule has 0 aliphatic heterocycles. The van der Waals surface area contributed by atoms with Crippen molar-refractivity contribution in [2.24, 2.45) is 0 Å². The number of carbonyl (C=O) groups excluding carboxylic acids is 1. The number of nitrogens with one attached hydrogen (secondary N) is 1. The second-order valence-corrected chi connectivity index (χ2v) is 5.89. The van der Waals surface area contributed by atoms with E-state index >= 15 is 0 Å². The van der Waals surface area contributed by atoms with Gasteiger partial charge < -0.3 is 14.8 Å². The predicted molar refractivity (Wildman–Crippen MR) is 99.1 cm³/mol. The number of carbonyl (C=O) groups is 1. The maximum atomic E-state index is 12.8. The lowest BCUT2D eigenvalue weighted by Gasteiger charge is -2.09. The number of hydrogen-bond acceptors (Lipinski definition) is 3. The normalized spacial score (nSPS) is 10.5. The fourth-order valence-corrected chi connectivity index (χ4v) is 2.62. The third-order valence-corrected chi connectivity index (χ3v) is 4.04. The lowest BCUT2D eigenvalue weighted by atomic mass is 10.1. The maximum Gasteiger partial charge on any atom is 0.257 e. The summed E-state index contributed by atoms with van der Waals surface area (Å²) in [6.45, 7) is 0.418. The summed E-state index contributed by atoms with van der Waals surface area (Å²) in [5, 5.41) is 4.85. The summed E-state index contributed by atoms with van der Waals surface area (Å²) in [6.07, 6.45) is 0.641. The number of ether oxygens (including phenoxy) is 2. The molecule has 4 nitrogen and oxygen atoms in total. The number of benzene rings is 3. The smallest absolute Gasteiger partial charge is 0.257 e. The summed E-state index contributed by atoms with van der Waals surface area (Å²) in [5.41, 5.74) is 0.969. The van der Waals surface area contributed by atoms with Crippen molar-refractivity contribution in [3.63, 3.8) is 0 Å². The number of rotatable bonds is 7. The Hall–Kier alpha value is -3.08. The van der Waals surface area contributed by atoms with E-state index in [2.05, 4.69) is 5.32 Å². The molecule has 0 unspecified atom stereocenters. The minimum atomic E-state index is -0.265. The van der Waals surface area contributed by atoms with Gasteiger partial charge in [0.1, 0.15) is 17.3 Å². The molecule has 1 amide bonds. The molecular weight excluding hydrogens is 333 g/mol. The summed E-state index contributed by atoms with van der Waals surface area (Å²) >= 11 is 0. The average Bonchev–Trinajstić information content (AvgIpc) is 2.67. The average molecular weight is 353 g/mol. The minimum Gasteiger partial charge on any atom is -0.497 e. The Labute approximate surface area is 151 Å². The van der Waals surface area contributed by atoms with Crippen molar-refractivity contribution >= 4 is 16.7 Å². The second kappa shape index (κ2) is 8.34. The van der Waals surface area contributed by atoms with Crippen LogP contribution in [0.15, 0.2) is 60.7 Å². The van der Waals surface area contributed by atoms with Crippen molar-refractivity contribution in [2.45, 2.75) is 6.42 Å². The second-order valence-electron chi connectivity index (χ2n) is 5.89. The van der Waals surface area contributed by atoms with Crippen molar-refractivity contribution in [1.82, 2.24) is 5.32 Å². The van der Waals surface area contributed by atoms with Crippen LogP contribution >= 0.6 is 0 Å². The van der Waals surface area contributed by atoms with E-state index < -0.39 is 0 Å². The number of hydrogen-bond donors (Lipinski definition) is 1. The monoisotopic (exact) mass is 353 g/mol. The summed E-state index contributed by atoms with van der Waals surface area (Å²) in [7, 11) is 1.62. The van der Waals surface area contributed by atoms with Gasteiger partial charge in [-0.2, -0.15) is 0 Å². The molecule has 0 atom stereocenters. The number of methoxy groups -OCH3 is 1. The summed E-state index contributed by atoms with van der Waals surface area (Å²) in [5.74, 6) is 0.935. The van der Waals surface area contributed by atoms with E-state index in [1.807, 2.05) is 36.4 Å². The van der Waals surface area contributed by atoms with Crippen LogP contribution in [0.2, 0.25) is 0 Å². The molecule has 0 heterocycles. The first-order valence-corrected chi connectivity index (χ1v) is 8.36. The van der Waals surface area contributed by atoms with Gasteiger partial charge in [-0.15, -0.1) is 0 Å². The summed E-state index contributed by atoms with van der Waals surface area (Å²) in [4.78, 5) is 11.9. The van der Waals surface area contributed by atoms with E-state index in [1.54, 1.807) is 19.2 Å². The van der Waals surface area contributed by atoms with Crippen LogP contribution in [-0.4, -0.2) is 26.2 Å². The van der Waals surface area contributed by atoms with E-state index in [1.165, 1.54) is 12.1 Å². The van der Waals surface area contributed by atoms with Gasteiger partial charge in [-0.25, -0.2) is 4.39 Å². The largest absolute Gasteiger partial charge is 0.497 e. The Balaban J connectivity index is 1.49. The molecule has 0 spiro atoms. The molecule has 134 valence electrons. The van der Waals surface area contributed by atoms with Gasteiger partial charge in [-0.3, -0.25) is 4.79 Å². The maximum absolute atomic E-state index is 12.8. The zero-order valence-corrected chi connectivity index (χ0v) is 14.5. The van der Waals surface area contributed by atoms with E-state index in [4.69, 9.17) is 9.47 Å². The van der Waals surface area contributed by atoms with Gasteiger partial charge in [0.15, 0.2) is 6.61 Å². The highest BCUT2D eigenvalue weighted by atomic mass is 19.1. The Morgan fingerprint density at radius 3 is 2.38 bits per heavy atom. The van der Waals surface area contributed by atoms with Crippen molar-refractivity contribution in [3.8, 4) is 11.5 Å². The molecule has 0 saturated heterocycles. The van der Waals surface area contributed by atoms with Gasteiger partial charge in [0, 0.05) is 6.54 Å². The first kappa shape index (κ1) is 17.7. The standard InChI is InChI=1S/C21H20FNO3/c1-25-19-8-4-16-5-9-20(13-17(16)12-19)26-14-21(24)23-11-10-15-2-6-18(22)7-3-15/h2-9,12-13H,10-11,14H2,1H3,(H,23,24). The van der Waals surface area contributed by atoms with Crippen LogP contribution in [0.4, 0.5) is 4.39 Å². The molecule has 5 heteroatoms. The van der Waals surface area contributed by atoms with Crippen LogP contribution < -0.4 is 14.8 Å². The molecular formula is C21H20FNO3. The third kappa shape index (κ3) is 4.72. The summed E-state index contributed by atoms with van der Waals surface area (Å²) < 4.78 is 23.6. The van der Waals surface area contributed by atoms with Gasteiger partial charge in [0.25, 0.3) is 5.91 Å². The third-order valence-electron chi connectivity index (χ3n) is 4.04. The lowest BCUT2D eigenvalue weighted by molar-refractivity contribution is -0.123. The Morgan fingerprint density at radius 2 is 1.65 bits per heavy atom. The van der Waals surface area contributed by atoms with Crippen LogP contribution in [0.5, 0.6) is 11.5 Å². The molecule has 0 aliphatic rings. The molecule has 0 saturated carbocycles. The van der Waals surface area contributed by atoms with Crippen LogP contribution in [0.3, 0.4) is 0 Å². The van der Waals surface area contributed by atoms with E-state index in [0.29, 0.717) is 18.7 Å². The highest BCUT2D eigenvalue weighted by Gasteiger charge is 2.04. The van der Waals surface area contributed by atoms with Crippen LogP contribution in [-0.2, 0) is 11.2 Å². The zero-order chi connectivity index (χ0) is 18.4. The topological polar surface area (TPSA) is 47.6 Å². The van der Waals surface area contributed by atoms with Crippen molar-refractivity contribution in [2.75, 3.05) is 20.3 Å². The first-order valence-electron chi connectivity index (χ1n) is 8.36. The summed E-state index contributed by atoms with van der Waals surface area (Å²) in [6, 6.07) is 17.7. The minimum absolute atomic E-state index is 0.0567. The molecule has 1 N–H and O–H groups in total. The SMILES string of the molecule is COc1ccc2ccc(OCC(=O)NCCc3ccc(F)cc3)cc2c1. The van der Waals surface area contributed by atoms with Gasteiger partial charge in [-0.05, 0) is 59.2 Å². The fraction of sp³-hybridized carbons (Fsp3) is 0.190. The van der Waals surface area contributed by atoms with E-state index in [-0.39, 0.29) is 18.3 Å². The fourth-order valence-electron chi connectivity index (χ4n) is 2.62. The van der Waals surface area contributed by atoms with Crippen LogP contribution in [0.25, 0.3) is 10.8 Å². The zero-order valence-electron chi connectivity index (χ0n) is 14.5. The van der Waals surface area contributed by atoms with E-state index in [9.17, 15) is 9.18 Å². The van der Waals surface area contributed by atoms with E-state index in [0.717, 1.165) is 22.1 Å². The van der Waals surface area contributed by atoms with Crippen molar-refractivity contribution in [3.05, 3.63) is 72.0 Å². The molecule has 26 heavy (non-hydrogen) atoms. The van der Waals surface area contributed by atoms with Crippen LogP contribution in [0.1, 0.15) is 5.56 Å². The Morgan fingerprint density at radius 1 is 0.962 bits per heavy atom. The molecule has 3 aromatic carbocycles. The number of halogens is 1. The van der Waals surface area contributed by atoms with Gasteiger partial charge in [-0.1, -0.05) is 24.3 Å². The van der Waals surface area contributed by atoms with Gasteiger partial charge in [0.2, 0.25) is 0 Å². The number of fused-ring (bicyclic) bond motifs is 1. The Bertz CT molecular complexity index is 893. The van der Waals surface area contributed by atoms with Gasteiger partial charge in [0.05, 0.1) is 7.11 Å². The highest BCUT2D eigenvalue weighted by molar-refractivity contribution is 5.85. The predicted octanol–water partition coefficient (Wildman–Crippen LogP) is 3.73. The molecule has 0 bridgehead atoms. The first-order chi connectivity index (χ1) is 12.6. The van der Waals surface area contributed by atoms with Gasteiger partial charge >= 0.3 is 0 Å². The molecule has 3 aromatic rings. The van der Waals surface area contributed by atoms with Crippen molar-refractivity contribution in [1.29, 1.82) is 0 Å².